The van der Waals surface area contributed by atoms with Crippen LogP contribution in [0.1, 0.15) is 26.6 Å². The molecule has 0 aliphatic carbocycles. The van der Waals surface area contributed by atoms with E-state index < -0.39 is 0 Å². The Morgan fingerprint density at radius 1 is 1.54 bits per heavy atom. The van der Waals surface area contributed by atoms with Crippen LogP contribution >= 0.6 is 0 Å². The molecular weight excluding hydrogens is 166 g/mol. The van der Waals surface area contributed by atoms with Crippen molar-refractivity contribution in [3.8, 4) is 0 Å². The molecule has 4 heteroatoms. The van der Waals surface area contributed by atoms with Gasteiger partial charge in [-0.05, 0) is 12.3 Å². The van der Waals surface area contributed by atoms with Crippen molar-refractivity contribution in [2.24, 2.45) is 5.41 Å². The minimum atomic E-state index is -0.111. The van der Waals surface area contributed by atoms with Gasteiger partial charge in [-0.25, -0.2) is 4.98 Å². The van der Waals surface area contributed by atoms with Crippen molar-refractivity contribution >= 4 is 0 Å². The van der Waals surface area contributed by atoms with Crippen LogP contribution in [-0.2, 0) is 13.0 Å². The van der Waals surface area contributed by atoms with E-state index in [0.29, 0.717) is 0 Å². The van der Waals surface area contributed by atoms with Crippen molar-refractivity contribution in [2.75, 3.05) is 6.61 Å². The van der Waals surface area contributed by atoms with Crippen LogP contribution < -0.4 is 0 Å². The van der Waals surface area contributed by atoms with E-state index in [1.54, 1.807) is 6.33 Å². The van der Waals surface area contributed by atoms with E-state index in [1.807, 2.05) is 25.5 Å². The Morgan fingerprint density at radius 3 is 2.77 bits per heavy atom. The molecule has 0 amide bonds. The highest BCUT2D eigenvalue weighted by Gasteiger charge is 2.19. The fraction of sp³-hybridized carbons (Fsp3) is 0.778. The zero-order valence-corrected chi connectivity index (χ0v) is 8.49. The van der Waals surface area contributed by atoms with Gasteiger partial charge in [0, 0.05) is 19.6 Å². The summed E-state index contributed by atoms with van der Waals surface area (Å²) in [5.74, 6) is 0.946. The van der Waals surface area contributed by atoms with Crippen LogP contribution in [-0.4, -0.2) is 26.5 Å². The largest absolute Gasteiger partial charge is 0.396 e. The van der Waals surface area contributed by atoms with Crippen LogP contribution in [0.2, 0.25) is 0 Å². The summed E-state index contributed by atoms with van der Waals surface area (Å²) in [6.45, 7) is 7.06. The van der Waals surface area contributed by atoms with Gasteiger partial charge in [0.2, 0.25) is 0 Å². The summed E-state index contributed by atoms with van der Waals surface area (Å²) < 4.78 is 1.86. The van der Waals surface area contributed by atoms with E-state index in [9.17, 15) is 0 Å². The number of aliphatic hydroxyl groups excluding tert-OH is 1. The maximum Gasteiger partial charge on any atom is 0.138 e. The summed E-state index contributed by atoms with van der Waals surface area (Å²) in [6.07, 6.45) is 2.32. The van der Waals surface area contributed by atoms with Crippen molar-refractivity contribution in [1.82, 2.24) is 14.8 Å². The second-order valence-corrected chi connectivity index (χ2v) is 3.99. The van der Waals surface area contributed by atoms with Gasteiger partial charge < -0.3 is 5.11 Å². The molecule has 0 saturated carbocycles. The fourth-order valence-electron chi connectivity index (χ4n) is 1.17. The molecule has 0 aliphatic heterocycles. The minimum absolute atomic E-state index is 0.111. The van der Waals surface area contributed by atoms with Crippen LogP contribution in [0, 0.1) is 5.41 Å². The molecule has 0 saturated heterocycles. The summed E-state index contributed by atoms with van der Waals surface area (Å²) in [5.41, 5.74) is -0.111. The maximum absolute atomic E-state index is 9.10. The van der Waals surface area contributed by atoms with Crippen LogP contribution in [0.3, 0.4) is 0 Å². The number of hydrogen-bond acceptors (Lipinski definition) is 3. The van der Waals surface area contributed by atoms with Crippen molar-refractivity contribution in [3.05, 3.63) is 12.2 Å². The van der Waals surface area contributed by atoms with E-state index >= 15 is 0 Å². The fourth-order valence-corrected chi connectivity index (χ4v) is 1.17. The molecule has 4 nitrogen and oxygen atoms in total. The lowest BCUT2D eigenvalue weighted by molar-refractivity contribution is 0.156. The Morgan fingerprint density at radius 2 is 2.23 bits per heavy atom. The molecule has 1 aromatic heterocycles. The van der Waals surface area contributed by atoms with Crippen molar-refractivity contribution in [3.63, 3.8) is 0 Å². The molecule has 1 N–H and O–H groups in total. The summed E-state index contributed by atoms with van der Waals surface area (Å²) in [5, 5.41) is 13.2. The summed E-state index contributed by atoms with van der Waals surface area (Å²) in [7, 11) is 0. The van der Waals surface area contributed by atoms with E-state index in [-0.39, 0.29) is 12.0 Å². The highest BCUT2D eigenvalue weighted by molar-refractivity contribution is 4.90. The van der Waals surface area contributed by atoms with E-state index in [2.05, 4.69) is 10.1 Å². The van der Waals surface area contributed by atoms with Gasteiger partial charge in [0.05, 0.1) is 0 Å². The first-order valence-electron chi connectivity index (χ1n) is 4.56. The lowest BCUT2D eigenvalue weighted by Crippen LogP contribution is -2.22. The second kappa shape index (κ2) is 3.87. The summed E-state index contributed by atoms with van der Waals surface area (Å²) in [4.78, 5) is 4.16. The second-order valence-electron chi connectivity index (χ2n) is 3.99. The number of rotatable bonds is 4. The first-order valence-corrected chi connectivity index (χ1v) is 4.56. The Balaban J connectivity index is 2.73. The minimum Gasteiger partial charge on any atom is -0.396 e. The molecule has 0 spiro atoms. The lowest BCUT2D eigenvalue weighted by atomic mass is 9.90. The average Bonchev–Trinajstić information content (AvgIpc) is 2.51. The number of aliphatic hydroxyl groups is 1. The first kappa shape index (κ1) is 10.2. The number of hydrogen-bond donors (Lipinski definition) is 1. The number of aromatic nitrogens is 3. The van der Waals surface area contributed by atoms with Gasteiger partial charge in [-0.3, -0.25) is 4.68 Å². The third kappa shape index (κ3) is 2.52. The smallest absolute Gasteiger partial charge is 0.138 e. The molecular formula is C9H17N3O. The Bertz CT molecular complexity index is 268. The molecule has 0 fully saturated rings. The normalized spacial score (nSPS) is 12.0. The van der Waals surface area contributed by atoms with Gasteiger partial charge in [-0.15, -0.1) is 0 Å². The molecule has 13 heavy (non-hydrogen) atoms. The molecule has 0 radical (unpaired) electrons. The zero-order chi connectivity index (χ0) is 9.90. The van der Waals surface area contributed by atoms with Crippen molar-refractivity contribution in [1.29, 1.82) is 0 Å². The first-order chi connectivity index (χ1) is 6.09. The third-order valence-corrected chi connectivity index (χ3v) is 2.06. The molecule has 0 aliphatic rings. The molecule has 0 aromatic carbocycles. The monoisotopic (exact) mass is 183 g/mol. The predicted octanol–water partition coefficient (Wildman–Crippen LogP) is 0.859. The molecule has 0 bridgehead atoms. The predicted molar refractivity (Wildman–Crippen MR) is 50.3 cm³/mol. The SMILES string of the molecule is CCn1ncnc1CC(C)(C)CO. The van der Waals surface area contributed by atoms with Crippen LogP contribution in [0.4, 0.5) is 0 Å². The Hall–Kier alpha value is -0.900. The molecule has 74 valence electrons. The average molecular weight is 183 g/mol. The summed E-state index contributed by atoms with van der Waals surface area (Å²) >= 11 is 0. The van der Waals surface area contributed by atoms with Gasteiger partial charge in [-0.2, -0.15) is 5.10 Å². The topological polar surface area (TPSA) is 50.9 Å². The van der Waals surface area contributed by atoms with E-state index in [4.69, 9.17) is 5.11 Å². The van der Waals surface area contributed by atoms with Gasteiger partial charge >= 0.3 is 0 Å². The van der Waals surface area contributed by atoms with Crippen LogP contribution in [0.25, 0.3) is 0 Å². The lowest BCUT2D eigenvalue weighted by Gasteiger charge is -2.20. The molecule has 0 unspecified atom stereocenters. The third-order valence-electron chi connectivity index (χ3n) is 2.06. The van der Waals surface area contributed by atoms with E-state index in [0.717, 1.165) is 18.8 Å². The molecule has 1 heterocycles. The van der Waals surface area contributed by atoms with Gasteiger partial charge in [0.1, 0.15) is 12.2 Å². The molecule has 1 rings (SSSR count). The standard InChI is InChI=1S/C9H17N3O/c1-4-12-8(10-7-11-12)5-9(2,3)6-13/h7,13H,4-6H2,1-3H3. The highest BCUT2D eigenvalue weighted by Crippen LogP contribution is 2.19. The van der Waals surface area contributed by atoms with Crippen LogP contribution in [0.15, 0.2) is 6.33 Å². The van der Waals surface area contributed by atoms with Crippen molar-refractivity contribution in [2.45, 2.75) is 33.7 Å². The maximum atomic E-state index is 9.10. The molecule has 1 aromatic rings. The highest BCUT2D eigenvalue weighted by atomic mass is 16.3. The zero-order valence-electron chi connectivity index (χ0n) is 8.49. The quantitative estimate of drug-likeness (QED) is 0.753. The Labute approximate surface area is 78.6 Å². The molecule has 0 atom stereocenters. The van der Waals surface area contributed by atoms with Crippen LogP contribution in [0.5, 0.6) is 0 Å². The van der Waals surface area contributed by atoms with Crippen molar-refractivity contribution < 1.29 is 5.11 Å². The van der Waals surface area contributed by atoms with E-state index in [1.165, 1.54) is 0 Å². The number of aryl methyl sites for hydroxylation is 1. The van der Waals surface area contributed by atoms with Gasteiger partial charge in [-0.1, -0.05) is 13.8 Å². The Kier molecular flexibility index (Phi) is 3.03. The summed E-state index contributed by atoms with van der Waals surface area (Å²) in [6, 6.07) is 0. The number of nitrogens with zero attached hydrogens (tertiary/aromatic N) is 3. The van der Waals surface area contributed by atoms with Gasteiger partial charge in [0.15, 0.2) is 0 Å². The van der Waals surface area contributed by atoms with Gasteiger partial charge in [0.25, 0.3) is 0 Å².